The third-order valence-electron chi connectivity index (χ3n) is 6.03. The van der Waals surface area contributed by atoms with Crippen molar-refractivity contribution in [3.63, 3.8) is 0 Å². The van der Waals surface area contributed by atoms with Crippen molar-refractivity contribution in [3.8, 4) is 0 Å². The van der Waals surface area contributed by atoms with Gasteiger partial charge in [-0.05, 0) is 44.2 Å². The average molecular weight is 506 g/mol. The van der Waals surface area contributed by atoms with Gasteiger partial charge < -0.3 is 37.2 Å². The van der Waals surface area contributed by atoms with E-state index >= 15 is 0 Å². The Hall–Kier alpha value is -3.51. The van der Waals surface area contributed by atoms with Crippen LogP contribution in [0.15, 0.2) is 30.3 Å². The summed E-state index contributed by atoms with van der Waals surface area (Å²) in [4.78, 5) is 62.9. The monoisotopic (exact) mass is 505 g/mol. The first-order valence-electron chi connectivity index (χ1n) is 12.0. The average Bonchev–Trinajstić information content (AvgIpc) is 3.32. The van der Waals surface area contributed by atoms with Gasteiger partial charge in [0.1, 0.15) is 18.1 Å². The van der Waals surface area contributed by atoms with Crippen LogP contribution in [0.3, 0.4) is 0 Å². The predicted octanol–water partition coefficient (Wildman–Crippen LogP) is -0.795. The van der Waals surface area contributed by atoms with Crippen LogP contribution < -0.4 is 22.1 Å². The van der Waals surface area contributed by atoms with Crippen LogP contribution in [0.5, 0.6) is 0 Å². The van der Waals surface area contributed by atoms with Crippen molar-refractivity contribution in [3.05, 3.63) is 35.9 Å². The molecule has 1 aromatic rings. The van der Waals surface area contributed by atoms with E-state index in [1.807, 2.05) is 0 Å². The Morgan fingerprint density at radius 3 is 2.33 bits per heavy atom. The van der Waals surface area contributed by atoms with Gasteiger partial charge in [0.25, 0.3) is 0 Å². The minimum atomic E-state index is -1.35. The highest BCUT2D eigenvalue weighted by molar-refractivity contribution is 5.95. The minimum Gasteiger partial charge on any atom is -0.481 e. The number of likely N-dealkylation sites (tertiary alicyclic amines) is 1. The molecule has 1 aliphatic heterocycles. The molecule has 1 heterocycles. The lowest BCUT2D eigenvalue weighted by atomic mass is 10.0. The maximum Gasteiger partial charge on any atom is 0.326 e. The molecule has 1 fully saturated rings. The van der Waals surface area contributed by atoms with Crippen molar-refractivity contribution < 1.29 is 34.2 Å². The Balaban J connectivity index is 2.17. The smallest absolute Gasteiger partial charge is 0.326 e. The fourth-order valence-corrected chi connectivity index (χ4v) is 4.13. The Morgan fingerprint density at radius 2 is 1.72 bits per heavy atom. The number of carboxylic acid groups (broad SMARTS) is 2. The predicted molar refractivity (Wildman–Crippen MR) is 130 cm³/mol. The van der Waals surface area contributed by atoms with E-state index in [9.17, 15) is 29.1 Å². The second-order valence-corrected chi connectivity index (χ2v) is 8.83. The maximum atomic E-state index is 13.5. The molecule has 1 aromatic carbocycles. The number of hydrogen-bond acceptors (Lipinski definition) is 7. The van der Waals surface area contributed by atoms with Crippen LogP contribution in [-0.4, -0.2) is 82.0 Å². The number of nitrogens with one attached hydrogen (secondary N) is 2. The zero-order valence-electron chi connectivity index (χ0n) is 20.1. The molecule has 12 nitrogen and oxygen atoms in total. The van der Waals surface area contributed by atoms with Crippen molar-refractivity contribution in [2.24, 2.45) is 11.5 Å². The van der Waals surface area contributed by atoms with Crippen LogP contribution in [0, 0.1) is 0 Å². The number of aliphatic carboxylic acids is 2. The van der Waals surface area contributed by atoms with Crippen molar-refractivity contribution in [1.29, 1.82) is 0 Å². The molecule has 1 saturated heterocycles. The van der Waals surface area contributed by atoms with E-state index in [0.717, 1.165) is 5.56 Å². The first-order valence-corrected chi connectivity index (χ1v) is 12.0. The number of carboxylic acids is 2. The molecule has 0 bridgehead atoms. The molecule has 198 valence electrons. The second kappa shape index (κ2) is 14.1. The zero-order valence-corrected chi connectivity index (χ0v) is 20.1. The van der Waals surface area contributed by atoms with Gasteiger partial charge in [-0.1, -0.05) is 30.3 Å². The van der Waals surface area contributed by atoms with Crippen LogP contribution in [0.4, 0.5) is 0 Å². The molecule has 0 aliphatic carbocycles. The number of carbonyl (C=O) groups is 5. The van der Waals surface area contributed by atoms with Crippen molar-refractivity contribution in [2.45, 2.75) is 69.1 Å². The first kappa shape index (κ1) is 28.7. The SMILES string of the molecule is NCCCCC(NC(=O)C1CCCN1C(=O)C(Cc1ccccc1)NC(=O)C(N)CC(=O)O)C(=O)O. The Bertz CT molecular complexity index is 927. The summed E-state index contributed by atoms with van der Waals surface area (Å²) in [5.41, 5.74) is 11.9. The lowest BCUT2D eigenvalue weighted by molar-refractivity contribution is -0.145. The van der Waals surface area contributed by atoms with Gasteiger partial charge in [0.15, 0.2) is 0 Å². The number of nitrogens with zero attached hydrogens (tertiary/aromatic N) is 1. The van der Waals surface area contributed by atoms with Crippen molar-refractivity contribution in [2.75, 3.05) is 13.1 Å². The van der Waals surface area contributed by atoms with E-state index in [-0.39, 0.29) is 19.4 Å². The normalized spacial score (nSPS) is 17.6. The molecule has 3 amide bonds. The van der Waals surface area contributed by atoms with Gasteiger partial charge >= 0.3 is 11.9 Å². The molecule has 1 aliphatic rings. The first-order chi connectivity index (χ1) is 17.1. The fourth-order valence-electron chi connectivity index (χ4n) is 4.13. The summed E-state index contributed by atoms with van der Waals surface area (Å²) in [6.07, 6.45) is 1.74. The molecule has 4 atom stereocenters. The maximum absolute atomic E-state index is 13.5. The number of carbonyl (C=O) groups excluding carboxylic acids is 3. The highest BCUT2D eigenvalue weighted by Gasteiger charge is 2.39. The number of rotatable bonds is 14. The number of amides is 3. The topological polar surface area (TPSA) is 205 Å². The van der Waals surface area contributed by atoms with Crippen LogP contribution in [-0.2, 0) is 30.4 Å². The number of nitrogens with two attached hydrogens (primary N) is 2. The standard InChI is InChI=1S/C24H35N5O7/c25-11-5-4-9-17(24(35)36)27-22(33)19-10-6-12-29(19)23(34)18(13-15-7-2-1-3-8-15)28-21(32)16(26)14-20(30)31/h1-3,7-8,16-19H,4-6,9-14,25-26H2,(H,27,33)(H,28,32)(H,30,31)(H,35,36). The summed E-state index contributed by atoms with van der Waals surface area (Å²) >= 11 is 0. The van der Waals surface area contributed by atoms with Gasteiger partial charge in [-0.3, -0.25) is 19.2 Å². The highest BCUT2D eigenvalue weighted by Crippen LogP contribution is 2.20. The molecule has 4 unspecified atom stereocenters. The molecule has 0 saturated carbocycles. The minimum absolute atomic E-state index is 0.104. The van der Waals surface area contributed by atoms with Gasteiger partial charge in [-0.2, -0.15) is 0 Å². The molecule has 8 N–H and O–H groups in total. The van der Waals surface area contributed by atoms with Crippen molar-refractivity contribution >= 4 is 29.7 Å². The second-order valence-electron chi connectivity index (χ2n) is 8.83. The zero-order chi connectivity index (χ0) is 26.7. The largest absolute Gasteiger partial charge is 0.481 e. The molecular formula is C24H35N5O7. The van der Waals surface area contributed by atoms with E-state index in [2.05, 4.69) is 10.6 Å². The van der Waals surface area contributed by atoms with Gasteiger partial charge in [0, 0.05) is 13.0 Å². The molecule has 36 heavy (non-hydrogen) atoms. The molecule has 0 radical (unpaired) electrons. The summed E-state index contributed by atoms with van der Waals surface area (Å²) in [5, 5.41) is 23.5. The highest BCUT2D eigenvalue weighted by atomic mass is 16.4. The summed E-state index contributed by atoms with van der Waals surface area (Å²) in [7, 11) is 0. The molecule has 2 rings (SSSR count). The summed E-state index contributed by atoms with van der Waals surface area (Å²) in [6, 6.07) is 4.47. The Kier molecular flexibility index (Phi) is 11.3. The van der Waals surface area contributed by atoms with Gasteiger partial charge in [-0.15, -0.1) is 0 Å². The number of benzene rings is 1. The van der Waals surface area contributed by atoms with E-state index in [1.54, 1.807) is 30.3 Å². The molecule has 12 heteroatoms. The van der Waals surface area contributed by atoms with Gasteiger partial charge in [0.2, 0.25) is 17.7 Å². The molecular weight excluding hydrogens is 470 g/mol. The van der Waals surface area contributed by atoms with Crippen LogP contribution in [0.1, 0.15) is 44.1 Å². The summed E-state index contributed by atoms with van der Waals surface area (Å²) in [5.74, 6) is -4.31. The van der Waals surface area contributed by atoms with E-state index in [0.29, 0.717) is 32.2 Å². The van der Waals surface area contributed by atoms with Crippen LogP contribution >= 0.6 is 0 Å². The molecule has 0 spiro atoms. The third-order valence-corrected chi connectivity index (χ3v) is 6.03. The quantitative estimate of drug-likeness (QED) is 0.175. The van der Waals surface area contributed by atoms with Crippen LogP contribution in [0.25, 0.3) is 0 Å². The van der Waals surface area contributed by atoms with Gasteiger partial charge in [-0.25, -0.2) is 4.79 Å². The van der Waals surface area contributed by atoms with Gasteiger partial charge in [0.05, 0.1) is 12.5 Å². The number of unbranched alkanes of at least 4 members (excludes halogenated alkanes) is 1. The fraction of sp³-hybridized carbons (Fsp3) is 0.542. The lowest BCUT2D eigenvalue weighted by Crippen LogP contribution is -2.57. The lowest BCUT2D eigenvalue weighted by Gasteiger charge is -2.30. The van der Waals surface area contributed by atoms with E-state index in [1.165, 1.54) is 4.90 Å². The third kappa shape index (κ3) is 8.61. The number of hydrogen-bond donors (Lipinski definition) is 6. The van der Waals surface area contributed by atoms with Crippen molar-refractivity contribution in [1.82, 2.24) is 15.5 Å². The summed E-state index contributed by atoms with van der Waals surface area (Å²) < 4.78 is 0. The van der Waals surface area contributed by atoms with Crippen LogP contribution in [0.2, 0.25) is 0 Å². The summed E-state index contributed by atoms with van der Waals surface area (Å²) in [6.45, 7) is 0.667. The Morgan fingerprint density at radius 1 is 1.03 bits per heavy atom. The van der Waals surface area contributed by atoms with E-state index < -0.39 is 60.2 Å². The Labute approximate surface area is 209 Å². The van der Waals surface area contributed by atoms with E-state index in [4.69, 9.17) is 16.6 Å². The molecule has 0 aromatic heterocycles.